The third-order valence-electron chi connectivity index (χ3n) is 3.00. The fraction of sp³-hybridized carbons (Fsp3) is 0. The number of pyridine rings is 1. The summed E-state index contributed by atoms with van der Waals surface area (Å²) < 4.78 is 2.11. The SMILES string of the molecule is C1=Cn2ccc3c4ccccc4nc-3c21. The van der Waals surface area contributed by atoms with Crippen molar-refractivity contribution in [3.8, 4) is 11.3 Å². The van der Waals surface area contributed by atoms with Crippen LogP contribution < -0.4 is 0 Å². The van der Waals surface area contributed by atoms with Crippen molar-refractivity contribution in [3.05, 3.63) is 42.2 Å². The Morgan fingerprint density at radius 3 is 2.87 bits per heavy atom. The lowest BCUT2D eigenvalue weighted by Crippen LogP contribution is -2.04. The standard InChI is InChI=1S/C13H8N2/c1-2-4-11-9(3-1)10-5-7-15-8-6-12(15)13(10)14-11/h1-8H. The predicted octanol–water partition coefficient (Wildman–Crippen LogP) is 3.08. The zero-order chi connectivity index (χ0) is 9.83. The molecule has 0 aliphatic carbocycles. The minimum absolute atomic E-state index is 1.09. The zero-order valence-electron chi connectivity index (χ0n) is 8.01. The van der Waals surface area contributed by atoms with Crippen molar-refractivity contribution < 1.29 is 0 Å². The van der Waals surface area contributed by atoms with E-state index in [0.717, 1.165) is 11.2 Å². The summed E-state index contributed by atoms with van der Waals surface area (Å²) in [4.78, 5) is 4.65. The monoisotopic (exact) mass is 192 g/mol. The molecule has 0 bridgehead atoms. The Balaban J connectivity index is 2.25. The summed E-state index contributed by atoms with van der Waals surface area (Å²) in [5.41, 5.74) is 4.66. The number of hydrogen-bond acceptors (Lipinski definition) is 1. The second-order valence-corrected chi connectivity index (χ2v) is 3.82. The van der Waals surface area contributed by atoms with Gasteiger partial charge in [-0.1, -0.05) is 18.2 Å². The van der Waals surface area contributed by atoms with Crippen LogP contribution in [-0.2, 0) is 0 Å². The maximum Gasteiger partial charge on any atom is 0.0957 e. The van der Waals surface area contributed by atoms with Crippen molar-refractivity contribution in [1.29, 1.82) is 0 Å². The third kappa shape index (κ3) is 0.773. The topological polar surface area (TPSA) is 17.8 Å². The van der Waals surface area contributed by atoms with Crippen LogP contribution in [0.1, 0.15) is 5.69 Å². The van der Waals surface area contributed by atoms with Crippen molar-refractivity contribution in [1.82, 2.24) is 9.55 Å². The minimum atomic E-state index is 1.09. The zero-order valence-corrected chi connectivity index (χ0v) is 8.01. The van der Waals surface area contributed by atoms with Crippen molar-refractivity contribution in [2.45, 2.75) is 0 Å². The van der Waals surface area contributed by atoms with Crippen LogP contribution in [0.25, 0.3) is 34.4 Å². The summed E-state index contributed by atoms with van der Waals surface area (Å²) in [5.74, 6) is 0. The quantitative estimate of drug-likeness (QED) is 0.418. The minimum Gasteiger partial charge on any atom is -0.322 e. The molecule has 3 aliphatic heterocycles. The Labute approximate surface area is 86.8 Å². The maximum atomic E-state index is 4.65. The Morgan fingerprint density at radius 1 is 1.07 bits per heavy atom. The molecule has 0 N–H and O–H groups in total. The van der Waals surface area contributed by atoms with Gasteiger partial charge in [0, 0.05) is 23.3 Å². The maximum absolute atomic E-state index is 4.65. The van der Waals surface area contributed by atoms with Crippen LogP contribution in [0.3, 0.4) is 0 Å². The second-order valence-electron chi connectivity index (χ2n) is 3.82. The van der Waals surface area contributed by atoms with Crippen LogP contribution in [-0.4, -0.2) is 9.55 Å². The molecule has 0 radical (unpaired) electrons. The first kappa shape index (κ1) is 7.23. The van der Waals surface area contributed by atoms with Crippen molar-refractivity contribution >= 4 is 23.2 Å². The van der Waals surface area contributed by atoms with Crippen LogP contribution in [0.5, 0.6) is 0 Å². The first-order valence-corrected chi connectivity index (χ1v) is 5.01. The highest BCUT2D eigenvalue weighted by Crippen LogP contribution is 2.36. The summed E-state index contributed by atoms with van der Waals surface area (Å²) >= 11 is 0. The molecule has 4 rings (SSSR count). The van der Waals surface area contributed by atoms with Gasteiger partial charge in [0.1, 0.15) is 0 Å². The highest BCUT2D eigenvalue weighted by molar-refractivity contribution is 6.00. The van der Waals surface area contributed by atoms with Gasteiger partial charge in [0.15, 0.2) is 0 Å². The van der Waals surface area contributed by atoms with E-state index in [1.165, 1.54) is 16.6 Å². The molecular weight excluding hydrogens is 184 g/mol. The summed E-state index contributed by atoms with van der Waals surface area (Å²) in [6.07, 6.45) is 6.24. The van der Waals surface area contributed by atoms with E-state index in [9.17, 15) is 0 Å². The fourth-order valence-corrected chi connectivity index (χ4v) is 2.19. The van der Waals surface area contributed by atoms with Gasteiger partial charge in [-0.15, -0.1) is 0 Å². The summed E-state index contributed by atoms with van der Waals surface area (Å²) in [7, 11) is 0. The van der Waals surface area contributed by atoms with E-state index in [-0.39, 0.29) is 0 Å². The third-order valence-corrected chi connectivity index (χ3v) is 3.00. The second kappa shape index (κ2) is 2.28. The molecule has 1 aromatic carbocycles. The Morgan fingerprint density at radius 2 is 2.00 bits per heavy atom. The molecule has 0 spiro atoms. The summed E-state index contributed by atoms with van der Waals surface area (Å²) in [5, 5.41) is 1.25. The number of aromatic nitrogens is 2. The number of rotatable bonds is 0. The molecule has 70 valence electrons. The number of fused-ring (bicyclic) bond motifs is 5. The van der Waals surface area contributed by atoms with Crippen molar-refractivity contribution in [2.75, 3.05) is 0 Å². The number of para-hydroxylation sites is 1. The van der Waals surface area contributed by atoms with Crippen molar-refractivity contribution in [2.24, 2.45) is 0 Å². The lowest BCUT2D eigenvalue weighted by Gasteiger charge is -2.16. The molecule has 0 amide bonds. The smallest absolute Gasteiger partial charge is 0.0957 e. The number of hydrogen-bond donors (Lipinski definition) is 0. The van der Waals surface area contributed by atoms with Crippen LogP contribution in [0.2, 0.25) is 0 Å². The lowest BCUT2D eigenvalue weighted by atomic mass is 10.1. The van der Waals surface area contributed by atoms with Gasteiger partial charge >= 0.3 is 0 Å². The first-order chi connectivity index (χ1) is 7.43. The highest BCUT2D eigenvalue weighted by atomic mass is 15.0. The predicted molar refractivity (Wildman–Crippen MR) is 61.6 cm³/mol. The van der Waals surface area contributed by atoms with Crippen molar-refractivity contribution in [3.63, 3.8) is 0 Å². The molecule has 2 heteroatoms. The van der Waals surface area contributed by atoms with E-state index < -0.39 is 0 Å². The average Bonchev–Trinajstić information content (AvgIpc) is 2.56. The molecule has 0 saturated heterocycles. The molecular formula is C13H8N2. The van der Waals surface area contributed by atoms with Crippen LogP contribution in [0, 0.1) is 0 Å². The first-order valence-electron chi connectivity index (χ1n) is 5.01. The van der Waals surface area contributed by atoms with Gasteiger partial charge in [0.25, 0.3) is 0 Å². The van der Waals surface area contributed by atoms with Gasteiger partial charge in [0.2, 0.25) is 0 Å². The van der Waals surface area contributed by atoms with Crippen LogP contribution in [0.15, 0.2) is 36.5 Å². The van der Waals surface area contributed by atoms with Gasteiger partial charge < -0.3 is 4.57 Å². The van der Waals surface area contributed by atoms with E-state index in [2.05, 4.69) is 46.1 Å². The number of benzene rings is 1. The van der Waals surface area contributed by atoms with E-state index in [1.807, 2.05) is 12.3 Å². The lowest BCUT2D eigenvalue weighted by molar-refractivity contribution is 1.06. The van der Waals surface area contributed by atoms with Crippen LogP contribution in [0.4, 0.5) is 0 Å². The van der Waals surface area contributed by atoms with Gasteiger partial charge in [0.05, 0.1) is 16.9 Å². The Hall–Kier alpha value is -2.09. The summed E-state index contributed by atoms with van der Waals surface area (Å²) in [6, 6.07) is 10.4. The van der Waals surface area contributed by atoms with Gasteiger partial charge in [-0.25, -0.2) is 4.98 Å². The Bertz CT molecular complexity index is 676. The largest absolute Gasteiger partial charge is 0.322 e. The molecule has 3 heterocycles. The fourth-order valence-electron chi connectivity index (χ4n) is 2.19. The molecule has 2 nitrogen and oxygen atoms in total. The van der Waals surface area contributed by atoms with Gasteiger partial charge in [-0.05, 0) is 18.2 Å². The molecule has 0 unspecified atom stereocenters. The molecule has 0 aromatic heterocycles. The molecule has 3 aliphatic rings. The van der Waals surface area contributed by atoms with E-state index in [4.69, 9.17) is 0 Å². The van der Waals surface area contributed by atoms with E-state index in [0.29, 0.717) is 0 Å². The Kier molecular flexibility index (Phi) is 1.10. The van der Waals surface area contributed by atoms with E-state index >= 15 is 0 Å². The molecule has 1 aromatic rings. The molecule has 0 fully saturated rings. The summed E-state index contributed by atoms with van der Waals surface area (Å²) in [6.45, 7) is 0. The average molecular weight is 192 g/mol. The molecule has 0 atom stereocenters. The van der Waals surface area contributed by atoms with Gasteiger partial charge in [-0.2, -0.15) is 0 Å². The number of nitrogens with zero attached hydrogens (tertiary/aromatic N) is 2. The van der Waals surface area contributed by atoms with Crippen LogP contribution >= 0.6 is 0 Å². The normalized spacial score (nSPS) is 13.1. The van der Waals surface area contributed by atoms with Gasteiger partial charge in [-0.3, -0.25) is 0 Å². The molecule has 0 saturated carbocycles. The molecule has 15 heavy (non-hydrogen) atoms. The van der Waals surface area contributed by atoms with E-state index in [1.54, 1.807) is 0 Å². The highest BCUT2D eigenvalue weighted by Gasteiger charge is 2.18.